The van der Waals surface area contributed by atoms with Gasteiger partial charge in [0.2, 0.25) is 0 Å². The van der Waals surface area contributed by atoms with Crippen LogP contribution in [0.15, 0.2) is 35.5 Å². The number of aryl methyl sites for hydroxylation is 1. The lowest BCUT2D eigenvalue weighted by Gasteiger charge is -2.08. The molecule has 0 radical (unpaired) electrons. The average molecular weight is 249 g/mol. The van der Waals surface area contributed by atoms with Crippen LogP contribution >= 0.6 is 11.8 Å². The fraction of sp³-hybridized carbons (Fsp3) is 0.250. The van der Waals surface area contributed by atoms with E-state index in [2.05, 4.69) is 4.98 Å². The number of thioether (sulfide) groups is 1. The first-order valence-electron chi connectivity index (χ1n) is 5.23. The fourth-order valence-corrected chi connectivity index (χ4v) is 2.49. The number of rotatable bonds is 4. The number of ether oxygens (including phenoxy) is 1. The van der Waals surface area contributed by atoms with Gasteiger partial charge in [0.25, 0.3) is 0 Å². The van der Waals surface area contributed by atoms with E-state index in [1.807, 2.05) is 36.0 Å². The van der Waals surface area contributed by atoms with Crippen LogP contribution in [0.4, 0.5) is 5.69 Å². The van der Waals surface area contributed by atoms with E-state index in [0.29, 0.717) is 5.69 Å². The Kier molecular flexibility index (Phi) is 3.58. The summed E-state index contributed by atoms with van der Waals surface area (Å²) in [6, 6.07) is 5.69. The molecule has 1 aromatic heterocycles. The van der Waals surface area contributed by atoms with Crippen LogP contribution < -0.4 is 10.5 Å². The van der Waals surface area contributed by atoms with Crippen LogP contribution in [-0.2, 0) is 12.8 Å². The number of methoxy groups -OCH3 is 1. The van der Waals surface area contributed by atoms with E-state index in [1.165, 1.54) is 0 Å². The summed E-state index contributed by atoms with van der Waals surface area (Å²) in [4.78, 5) is 5.35. The zero-order chi connectivity index (χ0) is 12.3. The van der Waals surface area contributed by atoms with Crippen LogP contribution in [0.3, 0.4) is 0 Å². The van der Waals surface area contributed by atoms with Gasteiger partial charge in [-0.3, -0.25) is 0 Å². The Morgan fingerprint density at radius 2 is 2.29 bits per heavy atom. The number of nitrogens with zero attached hydrogens (tertiary/aromatic N) is 2. The van der Waals surface area contributed by atoms with Crippen LogP contribution in [0.2, 0.25) is 0 Å². The molecule has 0 fully saturated rings. The maximum Gasteiger partial charge on any atom is 0.134 e. The Hall–Kier alpha value is -1.62. The third-order valence-corrected chi connectivity index (χ3v) is 3.52. The lowest BCUT2D eigenvalue weighted by atomic mass is 10.3. The Bertz CT molecular complexity index is 510. The van der Waals surface area contributed by atoms with Crippen molar-refractivity contribution in [1.29, 1.82) is 0 Å². The zero-order valence-corrected chi connectivity index (χ0v) is 10.7. The van der Waals surface area contributed by atoms with Gasteiger partial charge in [-0.05, 0) is 12.1 Å². The van der Waals surface area contributed by atoms with Crippen molar-refractivity contribution < 1.29 is 4.74 Å². The summed E-state index contributed by atoms with van der Waals surface area (Å²) in [7, 11) is 3.64. The molecule has 0 aliphatic carbocycles. The fourth-order valence-electron chi connectivity index (χ4n) is 1.48. The number of benzene rings is 1. The van der Waals surface area contributed by atoms with E-state index in [-0.39, 0.29) is 0 Å². The molecule has 2 aromatic rings. The molecule has 0 unspecified atom stereocenters. The van der Waals surface area contributed by atoms with Gasteiger partial charge in [0.15, 0.2) is 0 Å². The highest BCUT2D eigenvalue weighted by Gasteiger charge is 2.06. The van der Waals surface area contributed by atoms with Gasteiger partial charge in [-0.25, -0.2) is 4.98 Å². The molecule has 2 rings (SSSR count). The Labute approximate surface area is 105 Å². The molecule has 2 N–H and O–H groups in total. The molecule has 0 saturated heterocycles. The summed E-state index contributed by atoms with van der Waals surface area (Å²) in [6.07, 6.45) is 3.74. The summed E-state index contributed by atoms with van der Waals surface area (Å²) >= 11 is 1.69. The highest BCUT2D eigenvalue weighted by atomic mass is 32.2. The first-order chi connectivity index (χ1) is 8.20. The molecule has 0 aliphatic rings. The van der Waals surface area contributed by atoms with Crippen LogP contribution in [0.25, 0.3) is 0 Å². The van der Waals surface area contributed by atoms with E-state index in [9.17, 15) is 0 Å². The third-order valence-electron chi connectivity index (χ3n) is 2.47. The first kappa shape index (κ1) is 11.9. The summed E-state index contributed by atoms with van der Waals surface area (Å²) < 4.78 is 7.31. The molecular formula is C12H15N3OS. The molecule has 4 nitrogen and oxygen atoms in total. The molecule has 17 heavy (non-hydrogen) atoms. The highest BCUT2D eigenvalue weighted by molar-refractivity contribution is 7.98. The summed E-state index contributed by atoms with van der Waals surface area (Å²) in [5, 5.41) is 0. The number of aromatic nitrogens is 2. The Balaban J connectivity index is 2.11. The first-order valence-corrected chi connectivity index (χ1v) is 6.22. The highest BCUT2D eigenvalue weighted by Crippen LogP contribution is 2.32. The van der Waals surface area contributed by atoms with Gasteiger partial charge in [-0.1, -0.05) is 0 Å². The lowest BCUT2D eigenvalue weighted by Crippen LogP contribution is -1.95. The normalized spacial score (nSPS) is 10.5. The van der Waals surface area contributed by atoms with Crippen molar-refractivity contribution in [2.24, 2.45) is 7.05 Å². The number of anilines is 1. The minimum Gasteiger partial charge on any atom is -0.496 e. The molecule has 1 aromatic carbocycles. The SMILES string of the molecule is COc1cc(N)ccc1SCc1nccn1C. The standard InChI is InChI=1S/C12H15N3OS/c1-15-6-5-14-12(15)8-17-11-4-3-9(13)7-10(11)16-2/h3-7H,8,13H2,1-2H3. The van der Waals surface area contributed by atoms with E-state index >= 15 is 0 Å². The van der Waals surface area contributed by atoms with Crippen molar-refractivity contribution in [2.75, 3.05) is 12.8 Å². The molecule has 1 heterocycles. The number of nitrogen functional groups attached to an aromatic ring is 1. The Morgan fingerprint density at radius 3 is 2.94 bits per heavy atom. The van der Waals surface area contributed by atoms with Crippen molar-refractivity contribution in [3.05, 3.63) is 36.4 Å². The van der Waals surface area contributed by atoms with E-state index < -0.39 is 0 Å². The van der Waals surface area contributed by atoms with Crippen molar-refractivity contribution in [3.8, 4) is 5.75 Å². The molecule has 0 atom stereocenters. The van der Waals surface area contributed by atoms with Crippen LogP contribution in [0.5, 0.6) is 5.75 Å². The minimum atomic E-state index is 0.711. The van der Waals surface area contributed by atoms with E-state index in [4.69, 9.17) is 10.5 Å². The lowest BCUT2D eigenvalue weighted by molar-refractivity contribution is 0.405. The molecule has 90 valence electrons. The molecule has 0 bridgehead atoms. The second kappa shape index (κ2) is 5.14. The maximum absolute atomic E-state index is 5.71. The number of hydrogen-bond acceptors (Lipinski definition) is 4. The predicted octanol–water partition coefficient (Wildman–Crippen LogP) is 2.30. The van der Waals surface area contributed by atoms with E-state index in [1.54, 1.807) is 25.1 Å². The topological polar surface area (TPSA) is 53.1 Å². The summed E-state index contributed by atoms with van der Waals surface area (Å²) in [5.74, 6) is 2.65. The number of hydrogen-bond donors (Lipinski definition) is 1. The second-order valence-electron chi connectivity index (χ2n) is 3.65. The van der Waals surface area contributed by atoms with Gasteiger partial charge in [0.1, 0.15) is 11.6 Å². The Morgan fingerprint density at radius 1 is 1.47 bits per heavy atom. The van der Waals surface area contributed by atoms with Crippen LogP contribution in [0.1, 0.15) is 5.82 Å². The summed E-state index contributed by atoms with van der Waals surface area (Å²) in [5.41, 5.74) is 6.42. The van der Waals surface area contributed by atoms with Gasteiger partial charge in [-0.2, -0.15) is 0 Å². The molecule has 0 aliphatic heterocycles. The number of nitrogens with two attached hydrogens (primary N) is 1. The van der Waals surface area contributed by atoms with Crippen molar-refractivity contribution in [3.63, 3.8) is 0 Å². The molecule has 5 heteroatoms. The van der Waals surface area contributed by atoms with Crippen molar-refractivity contribution in [1.82, 2.24) is 9.55 Å². The number of imidazole rings is 1. The van der Waals surface area contributed by atoms with Gasteiger partial charge in [0, 0.05) is 36.1 Å². The average Bonchev–Trinajstić information content (AvgIpc) is 2.73. The van der Waals surface area contributed by atoms with Crippen molar-refractivity contribution >= 4 is 17.4 Å². The second-order valence-corrected chi connectivity index (χ2v) is 4.67. The zero-order valence-electron chi connectivity index (χ0n) is 9.88. The molecular weight excluding hydrogens is 234 g/mol. The largest absolute Gasteiger partial charge is 0.496 e. The summed E-state index contributed by atoms with van der Waals surface area (Å²) in [6.45, 7) is 0. The molecule has 0 saturated carbocycles. The molecule has 0 spiro atoms. The predicted molar refractivity (Wildman–Crippen MR) is 70.2 cm³/mol. The van der Waals surface area contributed by atoms with Gasteiger partial charge >= 0.3 is 0 Å². The minimum absolute atomic E-state index is 0.711. The van der Waals surface area contributed by atoms with Crippen molar-refractivity contribution in [2.45, 2.75) is 10.6 Å². The van der Waals surface area contributed by atoms with Crippen LogP contribution in [-0.4, -0.2) is 16.7 Å². The maximum atomic E-state index is 5.71. The van der Waals surface area contributed by atoms with Gasteiger partial charge in [0.05, 0.1) is 12.9 Å². The monoisotopic (exact) mass is 249 g/mol. The molecule has 0 amide bonds. The van der Waals surface area contributed by atoms with Gasteiger partial charge in [-0.15, -0.1) is 11.8 Å². The smallest absolute Gasteiger partial charge is 0.134 e. The van der Waals surface area contributed by atoms with E-state index in [0.717, 1.165) is 22.2 Å². The van der Waals surface area contributed by atoms with Gasteiger partial charge < -0.3 is 15.0 Å². The quantitative estimate of drug-likeness (QED) is 0.667. The third kappa shape index (κ3) is 2.74. The van der Waals surface area contributed by atoms with Crippen LogP contribution in [0, 0.1) is 0 Å².